The van der Waals surface area contributed by atoms with Gasteiger partial charge in [-0.15, -0.1) is 0 Å². The van der Waals surface area contributed by atoms with E-state index in [-0.39, 0.29) is 11.8 Å². The number of amides is 2. The molecule has 1 aliphatic rings. The number of carbonyl (C=O) groups is 2. The van der Waals surface area contributed by atoms with Gasteiger partial charge in [0.05, 0.1) is 5.70 Å². The highest BCUT2D eigenvalue weighted by Gasteiger charge is 2.32. The van der Waals surface area contributed by atoms with Crippen molar-refractivity contribution in [3.8, 4) is 0 Å². The third kappa shape index (κ3) is 3.07. The third-order valence-electron chi connectivity index (χ3n) is 3.31. The van der Waals surface area contributed by atoms with Crippen LogP contribution in [0.1, 0.15) is 32.8 Å². The number of benzene rings is 1. The summed E-state index contributed by atoms with van der Waals surface area (Å²) in [6.07, 6.45) is 2.40. The van der Waals surface area contributed by atoms with Crippen LogP contribution in [-0.4, -0.2) is 22.8 Å². The lowest BCUT2D eigenvalue weighted by molar-refractivity contribution is -0.136. The summed E-state index contributed by atoms with van der Waals surface area (Å²) in [6, 6.07) is 9.13. The Bertz CT molecular complexity index is 535. The van der Waals surface area contributed by atoms with Gasteiger partial charge in [-0.25, -0.2) is 0 Å². The molecule has 0 saturated carbocycles. The van der Waals surface area contributed by atoms with Crippen molar-refractivity contribution < 1.29 is 9.59 Å². The second kappa shape index (κ2) is 5.90. The first-order chi connectivity index (χ1) is 9.49. The van der Waals surface area contributed by atoms with Crippen LogP contribution in [0.4, 0.5) is 0 Å². The number of nitrogens with one attached hydrogen (secondary N) is 1. The number of hydrogen-bond donors (Lipinski definition) is 1. The molecule has 2 rings (SSSR count). The molecule has 0 radical (unpaired) electrons. The van der Waals surface area contributed by atoms with Crippen molar-refractivity contribution >= 4 is 17.5 Å². The summed E-state index contributed by atoms with van der Waals surface area (Å²) in [5.74, 6) is 0.119. The average Bonchev–Trinajstić information content (AvgIpc) is 2.41. The van der Waals surface area contributed by atoms with Crippen LogP contribution in [0.3, 0.4) is 0 Å². The summed E-state index contributed by atoms with van der Waals surface area (Å²) >= 11 is 0. The van der Waals surface area contributed by atoms with Gasteiger partial charge in [-0.1, -0.05) is 44.2 Å². The van der Waals surface area contributed by atoms with Crippen LogP contribution in [0.2, 0.25) is 0 Å². The van der Waals surface area contributed by atoms with E-state index in [9.17, 15) is 9.59 Å². The van der Waals surface area contributed by atoms with Crippen molar-refractivity contribution in [2.75, 3.05) is 0 Å². The van der Waals surface area contributed by atoms with Crippen molar-refractivity contribution in [2.24, 2.45) is 5.92 Å². The summed E-state index contributed by atoms with van der Waals surface area (Å²) < 4.78 is 0. The SMILES string of the molecule is CC(=O)N1C=C(c2ccccc2)NC(=O)[C@@H]1CC(C)C. The van der Waals surface area contributed by atoms with Crippen LogP contribution in [0.5, 0.6) is 0 Å². The van der Waals surface area contributed by atoms with Gasteiger partial charge in [-0.05, 0) is 17.9 Å². The standard InChI is InChI=1S/C16H20N2O2/c1-11(2)9-15-16(20)17-14(10-18(15)12(3)19)13-7-5-4-6-8-13/h4-8,10-11,15H,9H2,1-3H3,(H,17,20)/t15-/m0/s1. The van der Waals surface area contributed by atoms with E-state index in [0.717, 1.165) is 5.56 Å². The largest absolute Gasteiger partial charge is 0.322 e. The van der Waals surface area contributed by atoms with E-state index in [4.69, 9.17) is 0 Å². The lowest BCUT2D eigenvalue weighted by Crippen LogP contribution is -2.50. The Morgan fingerprint density at radius 3 is 2.50 bits per heavy atom. The molecule has 0 aliphatic carbocycles. The molecule has 1 heterocycles. The van der Waals surface area contributed by atoms with Crippen LogP contribution in [0.25, 0.3) is 5.70 Å². The normalized spacial score (nSPS) is 18.8. The number of hydrogen-bond acceptors (Lipinski definition) is 2. The zero-order valence-electron chi connectivity index (χ0n) is 12.1. The van der Waals surface area contributed by atoms with Gasteiger partial charge in [0.1, 0.15) is 6.04 Å². The molecule has 0 spiro atoms. The highest BCUT2D eigenvalue weighted by atomic mass is 16.2. The fourth-order valence-electron chi connectivity index (χ4n) is 2.35. The van der Waals surface area contributed by atoms with Crippen LogP contribution >= 0.6 is 0 Å². The van der Waals surface area contributed by atoms with Gasteiger partial charge in [-0.3, -0.25) is 9.59 Å². The van der Waals surface area contributed by atoms with E-state index in [1.807, 2.05) is 44.2 Å². The van der Waals surface area contributed by atoms with Gasteiger partial charge < -0.3 is 10.2 Å². The molecule has 0 unspecified atom stereocenters. The van der Waals surface area contributed by atoms with Gasteiger partial charge in [0.2, 0.25) is 11.8 Å². The van der Waals surface area contributed by atoms with E-state index in [0.29, 0.717) is 18.0 Å². The second-order valence-electron chi connectivity index (χ2n) is 5.47. The second-order valence-corrected chi connectivity index (χ2v) is 5.47. The summed E-state index contributed by atoms with van der Waals surface area (Å²) in [7, 11) is 0. The molecule has 0 fully saturated rings. The molecule has 4 heteroatoms. The molecule has 1 aliphatic heterocycles. The minimum absolute atomic E-state index is 0.112. The Kier molecular flexibility index (Phi) is 4.23. The third-order valence-corrected chi connectivity index (χ3v) is 3.31. The van der Waals surface area contributed by atoms with Gasteiger partial charge in [-0.2, -0.15) is 0 Å². The molecule has 1 aromatic carbocycles. The lowest BCUT2D eigenvalue weighted by atomic mass is 9.99. The predicted octanol–water partition coefficient (Wildman–Crippen LogP) is 2.38. The van der Waals surface area contributed by atoms with Crippen LogP contribution in [0.15, 0.2) is 36.5 Å². The van der Waals surface area contributed by atoms with Crippen molar-refractivity contribution in [3.05, 3.63) is 42.1 Å². The minimum Gasteiger partial charge on any atom is -0.322 e. The van der Waals surface area contributed by atoms with Crippen molar-refractivity contribution in [3.63, 3.8) is 0 Å². The fourth-order valence-corrected chi connectivity index (χ4v) is 2.35. The molecular formula is C16H20N2O2. The molecule has 20 heavy (non-hydrogen) atoms. The van der Waals surface area contributed by atoms with E-state index >= 15 is 0 Å². The van der Waals surface area contributed by atoms with Gasteiger partial charge >= 0.3 is 0 Å². The van der Waals surface area contributed by atoms with Gasteiger partial charge in [0.25, 0.3) is 0 Å². The van der Waals surface area contributed by atoms with Crippen LogP contribution in [0, 0.1) is 5.92 Å². The van der Waals surface area contributed by atoms with Gasteiger partial charge in [0.15, 0.2) is 0 Å². The summed E-state index contributed by atoms with van der Waals surface area (Å²) in [4.78, 5) is 25.6. The number of carbonyl (C=O) groups excluding carboxylic acids is 2. The maximum atomic E-state index is 12.3. The molecule has 1 atom stereocenters. The predicted molar refractivity (Wildman–Crippen MR) is 78.3 cm³/mol. The molecule has 1 N–H and O–H groups in total. The maximum absolute atomic E-state index is 12.3. The Balaban J connectivity index is 2.34. The maximum Gasteiger partial charge on any atom is 0.247 e. The molecular weight excluding hydrogens is 252 g/mol. The molecule has 1 aromatic rings. The monoisotopic (exact) mass is 272 g/mol. The first kappa shape index (κ1) is 14.3. The van der Waals surface area contributed by atoms with E-state index < -0.39 is 6.04 Å². The Morgan fingerprint density at radius 1 is 1.30 bits per heavy atom. The summed E-state index contributed by atoms with van der Waals surface area (Å²) in [5, 5.41) is 2.90. The van der Waals surface area contributed by atoms with E-state index in [2.05, 4.69) is 5.32 Å². The zero-order valence-corrected chi connectivity index (χ0v) is 12.1. The van der Waals surface area contributed by atoms with E-state index in [1.54, 1.807) is 11.1 Å². The quantitative estimate of drug-likeness (QED) is 0.918. The molecule has 0 bridgehead atoms. The van der Waals surface area contributed by atoms with E-state index in [1.165, 1.54) is 6.92 Å². The fraction of sp³-hybridized carbons (Fsp3) is 0.375. The number of rotatable bonds is 3. The smallest absolute Gasteiger partial charge is 0.247 e. The first-order valence-electron chi connectivity index (χ1n) is 6.86. The molecule has 0 saturated heterocycles. The molecule has 4 nitrogen and oxygen atoms in total. The highest BCUT2D eigenvalue weighted by Crippen LogP contribution is 2.22. The average molecular weight is 272 g/mol. The van der Waals surface area contributed by atoms with Crippen LogP contribution in [-0.2, 0) is 9.59 Å². The lowest BCUT2D eigenvalue weighted by Gasteiger charge is -2.33. The Morgan fingerprint density at radius 2 is 1.95 bits per heavy atom. The molecule has 2 amide bonds. The highest BCUT2D eigenvalue weighted by molar-refractivity contribution is 5.96. The molecule has 106 valence electrons. The summed E-state index contributed by atoms with van der Waals surface area (Å²) in [5.41, 5.74) is 1.57. The Labute approximate surface area is 119 Å². The zero-order chi connectivity index (χ0) is 14.7. The topological polar surface area (TPSA) is 49.4 Å². The van der Waals surface area contributed by atoms with Crippen LogP contribution < -0.4 is 5.32 Å². The number of nitrogens with zero attached hydrogens (tertiary/aromatic N) is 1. The Hall–Kier alpha value is -2.10. The van der Waals surface area contributed by atoms with Crippen molar-refractivity contribution in [1.82, 2.24) is 10.2 Å². The first-order valence-corrected chi connectivity index (χ1v) is 6.86. The van der Waals surface area contributed by atoms with Crippen molar-refractivity contribution in [1.29, 1.82) is 0 Å². The van der Waals surface area contributed by atoms with Gasteiger partial charge in [0, 0.05) is 13.1 Å². The van der Waals surface area contributed by atoms with Crippen molar-refractivity contribution in [2.45, 2.75) is 33.2 Å². The molecule has 0 aromatic heterocycles. The minimum atomic E-state index is -0.417. The summed E-state index contributed by atoms with van der Waals surface area (Å²) in [6.45, 7) is 5.58.